The lowest BCUT2D eigenvalue weighted by Crippen LogP contribution is -2.43. The van der Waals surface area contributed by atoms with Crippen molar-refractivity contribution in [2.45, 2.75) is 25.8 Å². The van der Waals surface area contributed by atoms with E-state index in [1.165, 1.54) is 0 Å². The van der Waals surface area contributed by atoms with Crippen LogP contribution in [0.3, 0.4) is 0 Å². The molecular formula is C13H18N2O3S. The number of amides is 1. The molecule has 1 saturated heterocycles. The Morgan fingerprint density at radius 2 is 2.16 bits per heavy atom. The summed E-state index contributed by atoms with van der Waals surface area (Å²) in [4.78, 5) is 12.1. The van der Waals surface area contributed by atoms with Crippen LogP contribution in [0.25, 0.3) is 0 Å². The highest BCUT2D eigenvalue weighted by atomic mass is 32.2. The minimum absolute atomic E-state index is 0.0183. The zero-order valence-electron chi connectivity index (χ0n) is 10.8. The molecule has 1 heterocycles. The number of anilines is 1. The van der Waals surface area contributed by atoms with Gasteiger partial charge in [0.15, 0.2) is 9.84 Å². The van der Waals surface area contributed by atoms with Gasteiger partial charge >= 0.3 is 0 Å². The Morgan fingerprint density at radius 1 is 1.42 bits per heavy atom. The molecule has 19 heavy (non-hydrogen) atoms. The molecule has 1 unspecified atom stereocenters. The molecule has 3 N–H and O–H groups in total. The van der Waals surface area contributed by atoms with Crippen LogP contribution in [0.1, 0.15) is 28.8 Å². The number of nitrogens with two attached hydrogens (primary N) is 1. The highest BCUT2D eigenvalue weighted by molar-refractivity contribution is 7.91. The minimum Gasteiger partial charge on any atom is -0.398 e. The van der Waals surface area contributed by atoms with E-state index in [0.717, 1.165) is 5.56 Å². The van der Waals surface area contributed by atoms with E-state index in [4.69, 9.17) is 5.73 Å². The number of nitrogens with one attached hydrogen (secondary N) is 1. The Bertz CT molecular complexity index is 596. The van der Waals surface area contributed by atoms with E-state index in [1.54, 1.807) is 12.1 Å². The number of nitrogen functional groups attached to an aromatic ring is 1. The van der Waals surface area contributed by atoms with Crippen LogP contribution in [0.5, 0.6) is 0 Å². The third-order valence-electron chi connectivity index (χ3n) is 3.37. The maximum absolute atomic E-state index is 12.1. The average Bonchev–Trinajstić information content (AvgIpc) is 2.31. The van der Waals surface area contributed by atoms with Crippen LogP contribution < -0.4 is 11.1 Å². The van der Waals surface area contributed by atoms with Crippen LogP contribution in [0, 0.1) is 6.92 Å². The van der Waals surface area contributed by atoms with Gasteiger partial charge in [0.1, 0.15) is 0 Å². The molecule has 0 radical (unpaired) electrons. The summed E-state index contributed by atoms with van der Waals surface area (Å²) in [5.74, 6) is -0.0699. The number of sulfone groups is 1. The number of benzene rings is 1. The fraction of sp³-hybridized carbons (Fsp3) is 0.462. The molecule has 1 aliphatic rings. The normalized spacial score (nSPS) is 21.8. The Hall–Kier alpha value is -1.56. The highest BCUT2D eigenvalue weighted by Crippen LogP contribution is 2.18. The molecule has 0 spiro atoms. The van der Waals surface area contributed by atoms with E-state index in [-0.39, 0.29) is 23.5 Å². The Labute approximate surface area is 113 Å². The van der Waals surface area contributed by atoms with E-state index < -0.39 is 9.84 Å². The number of para-hydroxylation sites is 1. The smallest absolute Gasteiger partial charge is 0.253 e. The van der Waals surface area contributed by atoms with Crippen molar-refractivity contribution in [3.63, 3.8) is 0 Å². The first-order chi connectivity index (χ1) is 8.89. The van der Waals surface area contributed by atoms with Gasteiger partial charge in [-0.15, -0.1) is 0 Å². The van der Waals surface area contributed by atoms with Crippen LogP contribution in [0.15, 0.2) is 18.2 Å². The molecule has 1 aromatic rings. The predicted octanol–water partition coefficient (Wildman–Crippen LogP) is 0.884. The van der Waals surface area contributed by atoms with Crippen LogP contribution in [0.2, 0.25) is 0 Å². The molecular weight excluding hydrogens is 264 g/mol. The molecule has 6 heteroatoms. The first-order valence-electron chi connectivity index (χ1n) is 6.25. The van der Waals surface area contributed by atoms with Crippen LogP contribution in [-0.2, 0) is 9.84 Å². The van der Waals surface area contributed by atoms with Gasteiger partial charge in [-0.1, -0.05) is 12.1 Å². The molecule has 5 nitrogen and oxygen atoms in total. The van der Waals surface area contributed by atoms with E-state index in [9.17, 15) is 13.2 Å². The van der Waals surface area contributed by atoms with Gasteiger partial charge in [-0.2, -0.15) is 0 Å². The van der Waals surface area contributed by atoms with Crippen LogP contribution in [0.4, 0.5) is 5.69 Å². The van der Waals surface area contributed by atoms with Gasteiger partial charge in [-0.3, -0.25) is 4.79 Å². The van der Waals surface area contributed by atoms with Crippen molar-refractivity contribution in [1.29, 1.82) is 0 Å². The lowest BCUT2D eigenvalue weighted by atomic mass is 10.1. The van der Waals surface area contributed by atoms with Crippen LogP contribution in [-0.4, -0.2) is 31.9 Å². The van der Waals surface area contributed by atoms with Gasteiger partial charge in [0.05, 0.1) is 17.1 Å². The monoisotopic (exact) mass is 282 g/mol. The fourth-order valence-electron chi connectivity index (χ4n) is 2.28. The molecule has 0 bridgehead atoms. The summed E-state index contributed by atoms with van der Waals surface area (Å²) in [6.07, 6.45) is 1.28. The molecule has 1 atom stereocenters. The van der Waals surface area contributed by atoms with Gasteiger partial charge in [0.2, 0.25) is 0 Å². The van der Waals surface area contributed by atoms with Gasteiger partial charge in [0.25, 0.3) is 5.91 Å². The van der Waals surface area contributed by atoms with Crippen molar-refractivity contribution >= 4 is 21.4 Å². The number of carbonyl (C=O) groups excluding carboxylic acids is 1. The maximum Gasteiger partial charge on any atom is 0.253 e. The van der Waals surface area contributed by atoms with Crippen molar-refractivity contribution < 1.29 is 13.2 Å². The standard InChI is InChI=1S/C13H18N2O3S/c1-9-4-2-6-11(12(9)14)13(16)15-10-5-3-7-19(17,18)8-10/h2,4,6,10H,3,5,7-8,14H2,1H3,(H,15,16). The third-order valence-corrected chi connectivity index (χ3v) is 5.19. The number of hydrogen-bond acceptors (Lipinski definition) is 4. The van der Waals surface area contributed by atoms with Crippen molar-refractivity contribution in [3.8, 4) is 0 Å². The summed E-state index contributed by atoms with van der Waals surface area (Å²) in [6, 6.07) is 4.93. The van der Waals surface area contributed by atoms with E-state index in [2.05, 4.69) is 5.32 Å². The molecule has 1 amide bonds. The van der Waals surface area contributed by atoms with Gasteiger partial charge in [0, 0.05) is 11.7 Å². The number of rotatable bonds is 2. The Balaban J connectivity index is 2.11. The number of aryl methyl sites for hydroxylation is 1. The molecule has 1 fully saturated rings. The largest absolute Gasteiger partial charge is 0.398 e. The lowest BCUT2D eigenvalue weighted by molar-refractivity contribution is 0.0939. The molecule has 2 rings (SSSR count). The van der Waals surface area contributed by atoms with Crippen molar-refractivity contribution in [2.75, 3.05) is 17.2 Å². The van der Waals surface area contributed by atoms with E-state index in [0.29, 0.717) is 24.1 Å². The third kappa shape index (κ3) is 3.26. The minimum atomic E-state index is -3.02. The van der Waals surface area contributed by atoms with E-state index in [1.807, 2.05) is 13.0 Å². The summed E-state index contributed by atoms with van der Waals surface area (Å²) in [6.45, 7) is 1.83. The zero-order valence-corrected chi connectivity index (χ0v) is 11.7. The number of hydrogen-bond donors (Lipinski definition) is 2. The van der Waals surface area contributed by atoms with Gasteiger partial charge in [-0.05, 0) is 31.4 Å². The summed E-state index contributed by atoms with van der Waals surface area (Å²) in [7, 11) is -3.02. The quantitative estimate of drug-likeness (QED) is 0.788. The average molecular weight is 282 g/mol. The summed E-state index contributed by atoms with van der Waals surface area (Å²) in [5.41, 5.74) is 7.55. The Morgan fingerprint density at radius 3 is 2.84 bits per heavy atom. The second kappa shape index (κ2) is 5.21. The molecule has 0 saturated carbocycles. The maximum atomic E-state index is 12.1. The summed E-state index contributed by atoms with van der Waals surface area (Å²) in [5, 5.41) is 2.76. The van der Waals surface area contributed by atoms with E-state index >= 15 is 0 Å². The highest BCUT2D eigenvalue weighted by Gasteiger charge is 2.26. The second-order valence-electron chi connectivity index (χ2n) is 4.96. The molecule has 1 aliphatic heterocycles. The first-order valence-corrected chi connectivity index (χ1v) is 8.07. The first kappa shape index (κ1) is 13.9. The molecule has 0 aromatic heterocycles. The zero-order chi connectivity index (χ0) is 14.0. The molecule has 1 aromatic carbocycles. The van der Waals surface area contributed by atoms with Gasteiger partial charge < -0.3 is 11.1 Å². The van der Waals surface area contributed by atoms with Crippen molar-refractivity contribution in [3.05, 3.63) is 29.3 Å². The SMILES string of the molecule is Cc1cccc(C(=O)NC2CCCS(=O)(=O)C2)c1N. The topological polar surface area (TPSA) is 89.3 Å². The van der Waals surface area contributed by atoms with Crippen molar-refractivity contribution in [1.82, 2.24) is 5.32 Å². The molecule has 0 aliphatic carbocycles. The lowest BCUT2D eigenvalue weighted by Gasteiger charge is -2.23. The number of carbonyl (C=O) groups is 1. The van der Waals surface area contributed by atoms with Crippen molar-refractivity contribution in [2.24, 2.45) is 0 Å². The summed E-state index contributed by atoms with van der Waals surface area (Å²) >= 11 is 0. The second-order valence-corrected chi connectivity index (χ2v) is 7.19. The van der Waals surface area contributed by atoms with Gasteiger partial charge in [-0.25, -0.2) is 8.42 Å². The fourth-order valence-corrected chi connectivity index (χ4v) is 3.91. The molecule has 104 valence electrons. The Kier molecular flexibility index (Phi) is 3.80. The van der Waals surface area contributed by atoms with Crippen LogP contribution >= 0.6 is 0 Å². The summed E-state index contributed by atoms with van der Waals surface area (Å²) < 4.78 is 23.0. The predicted molar refractivity (Wildman–Crippen MR) is 74.7 cm³/mol.